The topological polar surface area (TPSA) is 61.8 Å². The van der Waals surface area contributed by atoms with Gasteiger partial charge >= 0.3 is 6.03 Å². The number of carbonyl (C=O) groups is 1. The van der Waals surface area contributed by atoms with Gasteiger partial charge in [0, 0.05) is 12.1 Å². The number of nitrogens with one attached hydrogen (secondary N) is 1. The molecular formula is C16H22N2O3. The third kappa shape index (κ3) is 2.97. The molecule has 1 unspecified atom stereocenters. The van der Waals surface area contributed by atoms with Gasteiger partial charge < -0.3 is 20.1 Å². The number of para-hydroxylation sites is 1. The van der Waals surface area contributed by atoms with Gasteiger partial charge in [-0.2, -0.15) is 0 Å². The number of urea groups is 1. The summed E-state index contributed by atoms with van der Waals surface area (Å²) in [6.45, 7) is 1.45. The number of benzene rings is 1. The Kier molecular flexibility index (Phi) is 4.29. The van der Waals surface area contributed by atoms with Crippen LogP contribution in [0.4, 0.5) is 4.79 Å². The fourth-order valence-electron chi connectivity index (χ4n) is 3.20. The van der Waals surface area contributed by atoms with Crippen LogP contribution in [0.3, 0.4) is 0 Å². The number of aliphatic hydroxyl groups excluding tert-OH is 1. The predicted molar refractivity (Wildman–Crippen MR) is 79.3 cm³/mol. The van der Waals surface area contributed by atoms with E-state index in [1.807, 2.05) is 24.3 Å². The third-order valence-electron chi connectivity index (χ3n) is 4.34. The zero-order valence-electron chi connectivity index (χ0n) is 12.1. The van der Waals surface area contributed by atoms with Gasteiger partial charge in [-0.1, -0.05) is 18.2 Å². The molecule has 1 saturated heterocycles. The van der Waals surface area contributed by atoms with Crippen molar-refractivity contribution in [2.24, 2.45) is 0 Å². The van der Waals surface area contributed by atoms with E-state index in [1.54, 1.807) is 4.90 Å². The van der Waals surface area contributed by atoms with Crippen LogP contribution in [0.5, 0.6) is 5.75 Å². The first kappa shape index (κ1) is 14.2. The Morgan fingerprint density at radius 1 is 1.33 bits per heavy atom. The Balaban J connectivity index is 1.73. The fraction of sp³-hybridized carbons (Fsp3) is 0.562. The summed E-state index contributed by atoms with van der Waals surface area (Å²) in [5.74, 6) is 0.862. The molecule has 1 fully saturated rings. The van der Waals surface area contributed by atoms with E-state index in [-0.39, 0.29) is 24.7 Å². The molecule has 0 bridgehead atoms. The van der Waals surface area contributed by atoms with E-state index in [2.05, 4.69) is 5.32 Å². The van der Waals surface area contributed by atoms with E-state index in [1.165, 1.54) is 0 Å². The maximum atomic E-state index is 12.5. The lowest BCUT2D eigenvalue weighted by Gasteiger charge is -2.27. The SMILES string of the molecule is O=C(NC1CCCOc2ccccc21)N1CCC[C@H]1CO. The van der Waals surface area contributed by atoms with E-state index in [0.717, 1.165) is 43.5 Å². The first-order valence-electron chi connectivity index (χ1n) is 7.69. The molecule has 3 rings (SSSR count). The average molecular weight is 290 g/mol. The van der Waals surface area contributed by atoms with E-state index in [9.17, 15) is 9.90 Å². The predicted octanol–water partition coefficient (Wildman–Crippen LogP) is 2.07. The van der Waals surface area contributed by atoms with Gasteiger partial charge in [-0.25, -0.2) is 4.79 Å². The molecule has 2 amide bonds. The second-order valence-electron chi connectivity index (χ2n) is 5.70. The Hall–Kier alpha value is -1.75. The van der Waals surface area contributed by atoms with Gasteiger partial charge in [-0.3, -0.25) is 0 Å². The Labute approximate surface area is 124 Å². The highest BCUT2D eigenvalue weighted by Crippen LogP contribution is 2.31. The minimum atomic E-state index is -0.0757. The molecule has 5 heteroatoms. The van der Waals surface area contributed by atoms with Crippen LogP contribution < -0.4 is 10.1 Å². The summed E-state index contributed by atoms with van der Waals surface area (Å²) < 4.78 is 5.72. The van der Waals surface area contributed by atoms with Crippen molar-refractivity contribution in [1.29, 1.82) is 0 Å². The zero-order valence-corrected chi connectivity index (χ0v) is 12.1. The number of hydrogen-bond acceptors (Lipinski definition) is 3. The van der Waals surface area contributed by atoms with Gasteiger partial charge in [-0.15, -0.1) is 0 Å². The molecule has 2 aliphatic rings. The van der Waals surface area contributed by atoms with Crippen molar-refractivity contribution in [2.45, 2.75) is 37.8 Å². The number of nitrogens with zero attached hydrogens (tertiary/aromatic N) is 1. The van der Waals surface area contributed by atoms with Gasteiger partial charge in [-0.05, 0) is 31.7 Å². The highest BCUT2D eigenvalue weighted by Gasteiger charge is 2.30. The minimum absolute atomic E-state index is 0.0175. The third-order valence-corrected chi connectivity index (χ3v) is 4.34. The molecule has 0 aliphatic carbocycles. The van der Waals surface area contributed by atoms with Crippen LogP contribution in [0.2, 0.25) is 0 Å². The summed E-state index contributed by atoms with van der Waals surface area (Å²) in [6.07, 6.45) is 3.64. The molecule has 0 radical (unpaired) electrons. The van der Waals surface area contributed by atoms with Gasteiger partial charge in [0.05, 0.1) is 25.3 Å². The Morgan fingerprint density at radius 2 is 2.19 bits per heavy atom. The van der Waals surface area contributed by atoms with E-state index >= 15 is 0 Å². The van der Waals surface area contributed by atoms with Gasteiger partial charge in [0.2, 0.25) is 0 Å². The van der Waals surface area contributed by atoms with Gasteiger partial charge in [0.15, 0.2) is 0 Å². The lowest BCUT2D eigenvalue weighted by Crippen LogP contribution is -2.45. The largest absolute Gasteiger partial charge is 0.493 e. The number of hydrogen-bond donors (Lipinski definition) is 2. The second-order valence-corrected chi connectivity index (χ2v) is 5.70. The van der Waals surface area contributed by atoms with Crippen LogP contribution in [0.15, 0.2) is 24.3 Å². The summed E-state index contributed by atoms with van der Waals surface area (Å²) in [7, 11) is 0. The van der Waals surface area contributed by atoms with Gasteiger partial charge in [0.25, 0.3) is 0 Å². The lowest BCUT2D eigenvalue weighted by atomic mass is 10.0. The highest BCUT2D eigenvalue weighted by atomic mass is 16.5. The van der Waals surface area contributed by atoms with Crippen molar-refractivity contribution in [3.8, 4) is 5.75 Å². The number of likely N-dealkylation sites (tertiary alicyclic amines) is 1. The minimum Gasteiger partial charge on any atom is -0.493 e. The number of ether oxygens (including phenoxy) is 1. The van der Waals surface area contributed by atoms with Crippen molar-refractivity contribution >= 4 is 6.03 Å². The smallest absolute Gasteiger partial charge is 0.318 e. The average Bonchev–Trinajstić information content (AvgIpc) is 2.90. The number of aliphatic hydroxyl groups is 1. The van der Waals surface area contributed by atoms with Crippen molar-refractivity contribution in [3.05, 3.63) is 29.8 Å². The normalized spacial score (nSPS) is 24.9. The number of amides is 2. The van der Waals surface area contributed by atoms with Crippen molar-refractivity contribution in [1.82, 2.24) is 10.2 Å². The van der Waals surface area contributed by atoms with Crippen molar-refractivity contribution in [2.75, 3.05) is 19.8 Å². The van der Waals surface area contributed by atoms with Crippen LogP contribution >= 0.6 is 0 Å². The Morgan fingerprint density at radius 3 is 3.05 bits per heavy atom. The van der Waals surface area contributed by atoms with Crippen LogP contribution in [-0.2, 0) is 0 Å². The quantitative estimate of drug-likeness (QED) is 0.876. The summed E-state index contributed by atoms with van der Waals surface area (Å²) in [6, 6.07) is 7.75. The molecule has 0 saturated carbocycles. The summed E-state index contributed by atoms with van der Waals surface area (Å²) in [4.78, 5) is 14.2. The van der Waals surface area contributed by atoms with E-state index in [0.29, 0.717) is 6.61 Å². The van der Waals surface area contributed by atoms with Crippen LogP contribution in [0, 0.1) is 0 Å². The molecule has 21 heavy (non-hydrogen) atoms. The van der Waals surface area contributed by atoms with Crippen molar-refractivity contribution < 1.29 is 14.6 Å². The molecule has 2 aliphatic heterocycles. The fourth-order valence-corrected chi connectivity index (χ4v) is 3.20. The number of carbonyl (C=O) groups excluding carboxylic acids is 1. The molecule has 1 aromatic rings. The molecule has 2 atom stereocenters. The molecular weight excluding hydrogens is 268 g/mol. The maximum absolute atomic E-state index is 12.5. The molecule has 5 nitrogen and oxygen atoms in total. The molecule has 0 spiro atoms. The van der Waals surface area contributed by atoms with E-state index < -0.39 is 0 Å². The number of fused-ring (bicyclic) bond motifs is 1. The monoisotopic (exact) mass is 290 g/mol. The number of rotatable bonds is 2. The molecule has 2 heterocycles. The molecule has 2 N–H and O–H groups in total. The standard InChI is InChI=1S/C16H22N2O3/c19-11-12-5-3-9-18(12)16(20)17-14-7-4-10-21-15-8-2-1-6-13(14)15/h1-2,6,8,12,14,19H,3-5,7,9-11H2,(H,17,20)/t12-,14?/m0/s1. The summed E-state index contributed by atoms with van der Waals surface area (Å²) in [5.41, 5.74) is 1.04. The van der Waals surface area contributed by atoms with Crippen molar-refractivity contribution in [3.63, 3.8) is 0 Å². The first-order valence-corrected chi connectivity index (χ1v) is 7.69. The van der Waals surface area contributed by atoms with E-state index in [4.69, 9.17) is 4.74 Å². The first-order chi connectivity index (χ1) is 10.3. The molecule has 0 aromatic heterocycles. The lowest BCUT2D eigenvalue weighted by molar-refractivity contribution is 0.154. The molecule has 114 valence electrons. The summed E-state index contributed by atoms with van der Waals surface area (Å²) >= 11 is 0. The Bertz CT molecular complexity index is 506. The second kappa shape index (κ2) is 6.35. The van der Waals surface area contributed by atoms with Crippen LogP contribution in [0.25, 0.3) is 0 Å². The zero-order chi connectivity index (χ0) is 14.7. The molecule has 1 aromatic carbocycles. The van der Waals surface area contributed by atoms with Crippen LogP contribution in [-0.4, -0.2) is 41.8 Å². The summed E-state index contributed by atoms with van der Waals surface area (Å²) in [5, 5.41) is 12.5. The van der Waals surface area contributed by atoms with Crippen LogP contribution in [0.1, 0.15) is 37.3 Å². The highest BCUT2D eigenvalue weighted by molar-refractivity contribution is 5.75. The van der Waals surface area contributed by atoms with Gasteiger partial charge in [0.1, 0.15) is 5.75 Å². The maximum Gasteiger partial charge on any atom is 0.318 e.